The number of aromatic nitrogens is 1. The standard InChI is InChI=1S/C13H12ClNO2/c1-2-17-13(16)10-7-8-15-12(10)9-5-3-4-6-11(9)14/h3-8,15H,2H2,1H3. The van der Waals surface area contributed by atoms with Crippen LogP contribution in [0.15, 0.2) is 36.5 Å². The minimum Gasteiger partial charge on any atom is -0.462 e. The van der Waals surface area contributed by atoms with E-state index in [0.717, 1.165) is 5.56 Å². The lowest BCUT2D eigenvalue weighted by atomic mass is 10.1. The van der Waals surface area contributed by atoms with E-state index in [1.807, 2.05) is 18.2 Å². The summed E-state index contributed by atoms with van der Waals surface area (Å²) in [5, 5.41) is 0.598. The van der Waals surface area contributed by atoms with Crippen LogP contribution in [-0.4, -0.2) is 17.6 Å². The number of benzene rings is 1. The number of carbonyl (C=O) groups is 1. The molecule has 0 aliphatic carbocycles. The second-order valence-corrected chi connectivity index (χ2v) is 3.87. The third-order valence-corrected chi connectivity index (χ3v) is 2.72. The predicted octanol–water partition coefficient (Wildman–Crippen LogP) is 3.51. The van der Waals surface area contributed by atoms with Crippen LogP contribution in [-0.2, 0) is 4.74 Å². The van der Waals surface area contributed by atoms with Crippen LogP contribution in [0.4, 0.5) is 0 Å². The molecule has 0 bridgehead atoms. The van der Waals surface area contributed by atoms with Gasteiger partial charge in [0.25, 0.3) is 0 Å². The first-order valence-corrected chi connectivity index (χ1v) is 5.71. The lowest BCUT2D eigenvalue weighted by Gasteiger charge is -2.05. The van der Waals surface area contributed by atoms with Crippen molar-refractivity contribution in [2.24, 2.45) is 0 Å². The molecule has 1 heterocycles. The Morgan fingerprint density at radius 3 is 2.82 bits per heavy atom. The molecule has 0 atom stereocenters. The number of aromatic amines is 1. The molecule has 1 aromatic heterocycles. The van der Waals surface area contributed by atoms with Crippen molar-refractivity contribution in [2.45, 2.75) is 6.92 Å². The van der Waals surface area contributed by atoms with Gasteiger partial charge in [0.15, 0.2) is 0 Å². The molecule has 1 N–H and O–H groups in total. The Labute approximate surface area is 104 Å². The Kier molecular flexibility index (Phi) is 3.49. The second kappa shape index (κ2) is 5.06. The maximum atomic E-state index is 11.7. The van der Waals surface area contributed by atoms with Crippen molar-refractivity contribution in [1.29, 1.82) is 0 Å². The smallest absolute Gasteiger partial charge is 0.340 e. The van der Waals surface area contributed by atoms with E-state index < -0.39 is 0 Å². The van der Waals surface area contributed by atoms with E-state index in [4.69, 9.17) is 16.3 Å². The van der Waals surface area contributed by atoms with E-state index in [1.54, 1.807) is 25.3 Å². The van der Waals surface area contributed by atoms with Crippen molar-refractivity contribution in [3.05, 3.63) is 47.1 Å². The highest BCUT2D eigenvalue weighted by atomic mass is 35.5. The fourth-order valence-corrected chi connectivity index (χ4v) is 1.87. The minimum absolute atomic E-state index is 0.344. The fraction of sp³-hybridized carbons (Fsp3) is 0.154. The summed E-state index contributed by atoms with van der Waals surface area (Å²) in [5.41, 5.74) is 1.98. The summed E-state index contributed by atoms with van der Waals surface area (Å²) in [5.74, 6) is -0.344. The first kappa shape index (κ1) is 11.7. The molecule has 3 nitrogen and oxygen atoms in total. The zero-order valence-electron chi connectivity index (χ0n) is 9.37. The number of rotatable bonds is 3. The Balaban J connectivity index is 2.44. The SMILES string of the molecule is CCOC(=O)c1cc[nH]c1-c1ccccc1Cl. The van der Waals surface area contributed by atoms with E-state index in [9.17, 15) is 4.79 Å². The zero-order chi connectivity index (χ0) is 12.3. The third kappa shape index (κ3) is 2.34. The average Bonchev–Trinajstić information content (AvgIpc) is 2.79. The van der Waals surface area contributed by atoms with Crippen LogP contribution in [0.3, 0.4) is 0 Å². The molecular weight excluding hydrogens is 238 g/mol. The van der Waals surface area contributed by atoms with Gasteiger partial charge in [-0.1, -0.05) is 29.8 Å². The van der Waals surface area contributed by atoms with Crippen molar-refractivity contribution in [3.8, 4) is 11.3 Å². The van der Waals surface area contributed by atoms with Crippen molar-refractivity contribution < 1.29 is 9.53 Å². The molecule has 0 unspecified atom stereocenters. The largest absolute Gasteiger partial charge is 0.462 e. The van der Waals surface area contributed by atoms with Crippen molar-refractivity contribution in [2.75, 3.05) is 6.61 Å². The first-order valence-electron chi connectivity index (χ1n) is 5.33. The van der Waals surface area contributed by atoms with E-state index in [1.165, 1.54) is 0 Å². The van der Waals surface area contributed by atoms with Gasteiger partial charge in [0.05, 0.1) is 17.9 Å². The molecule has 1 aromatic carbocycles. The molecule has 0 saturated carbocycles. The first-order chi connectivity index (χ1) is 8.24. The summed E-state index contributed by atoms with van der Waals surface area (Å²) in [7, 11) is 0. The molecule has 0 fully saturated rings. The van der Waals surface area contributed by atoms with Crippen molar-refractivity contribution >= 4 is 17.6 Å². The Hall–Kier alpha value is -1.74. The molecular formula is C13H12ClNO2. The number of esters is 1. The van der Waals surface area contributed by atoms with Gasteiger partial charge in [-0.3, -0.25) is 0 Å². The Morgan fingerprint density at radius 1 is 1.35 bits per heavy atom. The Morgan fingerprint density at radius 2 is 2.12 bits per heavy atom. The van der Waals surface area contributed by atoms with Crippen molar-refractivity contribution in [1.82, 2.24) is 4.98 Å². The summed E-state index contributed by atoms with van der Waals surface area (Å²) in [4.78, 5) is 14.7. The third-order valence-electron chi connectivity index (χ3n) is 2.39. The van der Waals surface area contributed by atoms with Crippen LogP contribution in [0.5, 0.6) is 0 Å². The summed E-state index contributed by atoms with van der Waals surface area (Å²) in [6.07, 6.45) is 1.70. The highest BCUT2D eigenvalue weighted by Crippen LogP contribution is 2.29. The number of hydrogen-bond donors (Lipinski definition) is 1. The molecule has 2 rings (SSSR count). The van der Waals surface area contributed by atoms with E-state index in [2.05, 4.69) is 4.98 Å². The lowest BCUT2D eigenvalue weighted by Crippen LogP contribution is -2.05. The van der Waals surface area contributed by atoms with Gasteiger partial charge in [0.1, 0.15) is 0 Å². The lowest BCUT2D eigenvalue weighted by molar-refractivity contribution is 0.0527. The number of nitrogens with one attached hydrogen (secondary N) is 1. The van der Waals surface area contributed by atoms with E-state index >= 15 is 0 Å². The summed E-state index contributed by atoms with van der Waals surface area (Å²) >= 11 is 6.10. The summed E-state index contributed by atoms with van der Waals surface area (Å²) < 4.78 is 4.99. The second-order valence-electron chi connectivity index (χ2n) is 3.47. The Bertz CT molecular complexity index is 534. The number of H-pyrrole nitrogens is 1. The fourth-order valence-electron chi connectivity index (χ4n) is 1.64. The molecule has 2 aromatic rings. The van der Waals surface area contributed by atoms with Gasteiger partial charge < -0.3 is 9.72 Å². The van der Waals surface area contributed by atoms with Crippen LogP contribution in [0.1, 0.15) is 17.3 Å². The van der Waals surface area contributed by atoms with Crippen molar-refractivity contribution in [3.63, 3.8) is 0 Å². The number of carbonyl (C=O) groups excluding carboxylic acids is 1. The van der Waals surface area contributed by atoms with Gasteiger partial charge in [-0.05, 0) is 19.1 Å². The van der Waals surface area contributed by atoms with Gasteiger partial charge in [-0.25, -0.2) is 4.79 Å². The molecule has 0 spiro atoms. The van der Waals surface area contributed by atoms with Gasteiger partial charge in [0.2, 0.25) is 0 Å². The number of hydrogen-bond acceptors (Lipinski definition) is 2. The van der Waals surface area contributed by atoms with Crippen LogP contribution < -0.4 is 0 Å². The highest BCUT2D eigenvalue weighted by molar-refractivity contribution is 6.33. The van der Waals surface area contributed by atoms with E-state index in [-0.39, 0.29) is 5.97 Å². The summed E-state index contributed by atoms with van der Waals surface area (Å²) in [6.45, 7) is 2.13. The molecule has 0 saturated heterocycles. The number of halogens is 1. The minimum atomic E-state index is -0.344. The van der Waals surface area contributed by atoms with Gasteiger partial charge in [-0.2, -0.15) is 0 Å². The topological polar surface area (TPSA) is 42.1 Å². The van der Waals surface area contributed by atoms with Crippen LogP contribution in [0, 0.1) is 0 Å². The highest BCUT2D eigenvalue weighted by Gasteiger charge is 2.16. The van der Waals surface area contributed by atoms with Gasteiger partial charge in [0, 0.05) is 16.8 Å². The quantitative estimate of drug-likeness (QED) is 0.846. The van der Waals surface area contributed by atoms with E-state index in [0.29, 0.717) is 22.9 Å². The van der Waals surface area contributed by atoms with Crippen LogP contribution >= 0.6 is 11.6 Å². The molecule has 88 valence electrons. The molecule has 0 radical (unpaired) electrons. The summed E-state index contributed by atoms with van der Waals surface area (Å²) in [6, 6.07) is 9.05. The average molecular weight is 250 g/mol. The molecule has 0 aliphatic rings. The molecule has 0 aliphatic heterocycles. The van der Waals surface area contributed by atoms with Gasteiger partial charge >= 0.3 is 5.97 Å². The maximum absolute atomic E-state index is 11.7. The van der Waals surface area contributed by atoms with Crippen LogP contribution in [0.25, 0.3) is 11.3 Å². The van der Waals surface area contributed by atoms with Crippen LogP contribution in [0.2, 0.25) is 5.02 Å². The molecule has 0 amide bonds. The molecule has 4 heteroatoms. The van der Waals surface area contributed by atoms with Gasteiger partial charge in [-0.15, -0.1) is 0 Å². The maximum Gasteiger partial charge on any atom is 0.340 e. The number of ether oxygens (including phenoxy) is 1. The normalized spacial score (nSPS) is 10.2. The molecule has 17 heavy (non-hydrogen) atoms. The monoisotopic (exact) mass is 249 g/mol. The zero-order valence-corrected chi connectivity index (χ0v) is 10.1. The predicted molar refractivity (Wildman–Crippen MR) is 67.2 cm³/mol.